The van der Waals surface area contributed by atoms with Crippen molar-refractivity contribution in [3.63, 3.8) is 0 Å². The van der Waals surface area contributed by atoms with Gasteiger partial charge in [-0.15, -0.1) is 0 Å². The van der Waals surface area contributed by atoms with Gasteiger partial charge in [-0.25, -0.2) is 0 Å². The number of hydrogen-bond acceptors (Lipinski definition) is 0. The van der Waals surface area contributed by atoms with Gasteiger partial charge < -0.3 is 0 Å². The molecule has 0 aromatic heterocycles. The molecule has 0 unspecified atom stereocenters. The van der Waals surface area contributed by atoms with E-state index in [1.807, 2.05) is 0 Å². The van der Waals surface area contributed by atoms with Crippen LogP contribution in [0.25, 0.3) is 0 Å². The Morgan fingerprint density at radius 3 is 0.159 bits per heavy atom. The molecule has 0 nitrogen and oxygen atoms in total. The van der Waals surface area contributed by atoms with Crippen LogP contribution in [0.2, 0.25) is 0 Å². The molecule has 0 spiro atoms. The van der Waals surface area contributed by atoms with Crippen LogP contribution in [0.3, 0.4) is 0 Å². The summed E-state index contributed by atoms with van der Waals surface area (Å²) in [6.07, 6.45) is -45.9. The van der Waals surface area contributed by atoms with E-state index in [0.29, 0.717) is 0 Å². The smallest absolute Gasteiger partial charge is 0.192 e. The van der Waals surface area contributed by atoms with E-state index in [9.17, 15) is 211 Å². The topological polar surface area (TPSA) is 0 Å². The maximum Gasteiger partial charge on any atom is 0.460 e. The molecule has 0 fully saturated rings. The van der Waals surface area contributed by atoms with Crippen molar-refractivity contribution in [3.8, 4) is 0 Å². The van der Waals surface area contributed by atoms with Gasteiger partial charge in [-0.2, -0.15) is 211 Å². The summed E-state index contributed by atoms with van der Waals surface area (Å²) < 4.78 is 580. The van der Waals surface area contributed by atoms with E-state index in [2.05, 4.69) is 0 Å². The van der Waals surface area contributed by atoms with Crippen molar-refractivity contribution in [2.45, 2.75) is 126 Å². The Morgan fingerprint density at radius 1 is 0.0725 bits per heavy atom. The van der Waals surface area contributed by atoms with Crippen LogP contribution in [0.4, 0.5) is 211 Å². The quantitative estimate of drug-likeness (QED) is 0.171. The molecule has 0 N–H and O–H groups in total. The first-order chi connectivity index (χ1) is 28.5. The maximum atomic E-state index is 12.8. The van der Waals surface area contributed by atoms with Crippen molar-refractivity contribution in [2.75, 3.05) is 0 Å². The summed E-state index contributed by atoms with van der Waals surface area (Å²) in [6.45, 7) is 0. The van der Waals surface area contributed by atoms with Gasteiger partial charge in [0, 0.05) is 0 Å². The van der Waals surface area contributed by atoms with Gasteiger partial charge in [0.15, 0.2) is 0 Å². The Kier molecular flexibility index (Phi) is 17.6. The summed E-state index contributed by atoms with van der Waals surface area (Å²) in [5.41, 5.74) is 0. The Bertz CT molecular complexity index is 1580. The molecule has 0 aliphatic rings. The molecule has 0 bridgehead atoms. The summed E-state index contributed by atoms with van der Waals surface area (Å²) >= 11 is 0. The van der Waals surface area contributed by atoms with Gasteiger partial charge in [0.1, 0.15) is 0 Å². The van der Waals surface area contributed by atoms with Gasteiger partial charge in [-0.1, -0.05) is 0 Å². The Balaban J connectivity index is -0.000000955. The third-order valence-corrected chi connectivity index (χ3v) is 6.87. The third-order valence-electron chi connectivity index (χ3n) is 6.87. The van der Waals surface area contributed by atoms with Crippen molar-refractivity contribution >= 4 is 0 Å². The molecule has 0 rings (SSSR count). The highest BCUT2D eigenvalue weighted by molar-refractivity contribution is 5.15. The average Bonchev–Trinajstić information content (AvgIpc) is 3.04. The highest BCUT2D eigenvalue weighted by atomic mass is 19.5. The van der Waals surface area contributed by atoms with Crippen LogP contribution in [-0.2, 0) is 0 Å². The van der Waals surface area contributed by atoms with Gasteiger partial charge >= 0.3 is 126 Å². The molecule has 0 radical (unpaired) electrons. The highest BCUT2D eigenvalue weighted by Crippen LogP contribution is 2.66. The second-order valence-corrected chi connectivity index (χ2v) is 11.6. The Morgan fingerprint density at radius 2 is 0.116 bits per heavy atom. The van der Waals surface area contributed by atoms with Crippen LogP contribution in [0.15, 0.2) is 0 Å². The number of halogens is 48. The van der Waals surface area contributed by atoms with E-state index >= 15 is 0 Å². The molecule has 48 heteroatoms. The van der Waals surface area contributed by atoms with Gasteiger partial charge in [-0.05, 0) is 0 Å². The first-order valence-corrected chi connectivity index (χ1v) is 13.6. The Hall–Kier alpha value is -3.36. The van der Waals surface area contributed by atoms with Gasteiger partial charge in [0.25, 0.3) is 0 Å². The largest absolute Gasteiger partial charge is 0.460 e. The van der Waals surface area contributed by atoms with Gasteiger partial charge in [0.2, 0.25) is 0 Å². The lowest BCUT2D eigenvalue weighted by atomic mass is 9.91. The summed E-state index contributed by atoms with van der Waals surface area (Å²) in [5, 5.41) is 0. The number of alkyl halides is 48. The summed E-state index contributed by atoms with van der Waals surface area (Å²) in [7, 11) is 0. The molecule has 0 atom stereocenters. The lowest BCUT2D eigenvalue weighted by Crippen LogP contribution is -2.74. The third kappa shape index (κ3) is 10.1. The van der Waals surface area contributed by atoms with E-state index in [0.717, 1.165) is 0 Å². The fraction of sp³-hybridized carbons (Fsp3) is 1.00. The fourth-order valence-corrected chi connectivity index (χ4v) is 2.84. The normalized spacial score (nSPS) is 16.7. The van der Waals surface area contributed by atoms with Crippen LogP contribution in [0.1, 0.15) is 0 Å². The highest BCUT2D eigenvalue weighted by Gasteiger charge is 2.97. The molecule has 0 aliphatic carbocycles. The minimum atomic E-state index is -8.72. The van der Waals surface area contributed by atoms with Crippen molar-refractivity contribution in [2.24, 2.45) is 0 Å². The van der Waals surface area contributed by atoms with Crippen molar-refractivity contribution in [1.82, 2.24) is 0 Å². The molecule has 0 amide bonds. The molecular weight excluding hydrogens is 1160 g/mol. The van der Waals surface area contributed by atoms with Crippen LogP contribution in [0.5, 0.6) is 0 Å². The minimum Gasteiger partial charge on any atom is -0.192 e. The van der Waals surface area contributed by atoms with E-state index in [1.165, 1.54) is 0 Å². The first-order valence-electron chi connectivity index (χ1n) is 13.6. The molecule has 0 saturated heterocycles. The zero-order valence-electron chi connectivity index (χ0n) is 28.6. The summed E-state index contributed by atoms with van der Waals surface area (Å²) in [4.78, 5) is 0. The standard InChI is InChI=1S/C8F18.C7F16.C6F14/c9-1(10,3(13,14)5(17,18)7(21,22)23)2(11,12)4(15,16)6(19,20)8(24,25)26;8-1(9,2(10,11)4(14,15)6(18,19)20)3(12,13)5(16,17)7(21,22)23;7-1(8,3(11,12)5(15,16)17)2(9,10)4(13,14)6(18,19)20. The van der Waals surface area contributed by atoms with Crippen molar-refractivity contribution in [1.29, 1.82) is 0 Å². The van der Waals surface area contributed by atoms with E-state index in [1.54, 1.807) is 0 Å². The predicted octanol–water partition coefficient (Wildman–Crippen LogP) is 15.9. The number of rotatable bonds is 12. The van der Waals surface area contributed by atoms with E-state index in [-0.39, 0.29) is 0 Å². The van der Waals surface area contributed by atoms with Crippen LogP contribution in [-0.4, -0.2) is 126 Å². The van der Waals surface area contributed by atoms with Crippen LogP contribution >= 0.6 is 0 Å². The molecule has 420 valence electrons. The van der Waals surface area contributed by atoms with E-state index in [4.69, 9.17) is 0 Å². The maximum absolute atomic E-state index is 12.8. The molecule has 0 saturated carbocycles. The summed E-state index contributed by atoms with van der Waals surface area (Å²) in [5.74, 6) is -124. The second-order valence-electron chi connectivity index (χ2n) is 11.6. The monoisotopic (exact) mass is 1160 g/mol. The van der Waals surface area contributed by atoms with Gasteiger partial charge in [-0.3, -0.25) is 0 Å². The average molecular weight is 1160 g/mol. The van der Waals surface area contributed by atoms with Crippen LogP contribution < -0.4 is 0 Å². The molecule has 0 aliphatic heterocycles. The molecular formula is C21F48. The van der Waals surface area contributed by atoms with Gasteiger partial charge in [0.05, 0.1) is 0 Å². The zero-order chi connectivity index (χ0) is 58.5. The number of hydrogen-bond donors (Lipinski definition) is 0. The lowest BCUT2D eigenvalue weighted by molar-refractivity contribution is -0.468. The minimum absolute atomic E-state index is 7.48. The second kappa shape index (κ2) is 17.4. The van der Waals surface area contributed by atoms with E-state index < -0.39 is 126 Å². The predicted molar refractivity (Wildman–Crippen MR) is 111 cm³/mol. The molecule has 0 aromatic rings. The molecule has 69 heavy (non-hydrogen) atoms. The van der Waals surface area contributed by atoms with Crippen LogP contribution in [0, 0.1) is 0 Å². The molecule has 0 heterocycles. The fourth-order valence-electron chi connectivity index (χ4n) is 2.84. The Labute approximate surface area is 338 Å². The van der Waals surface area contributed by atoms with Crippen molar-refractivity contribution < 1.29 is 211 Å². The first kappa shape index (κ1) is 69.9. The summed E-state index contributed by atoms with van der Waals surface area (Å²) in [6, 6.07) is 0. The zero-order valence-corrected chi connectivity index (χ0v) is 28.6. The molecule has 0 aromatic carbocycles. The lowest BCUT2D eigenvalue weighted by Gasteiger charge is -2.41. The SMILES string of the molecule is FC(F)(F)C(F)(F)C(F)(F)C(F)(F)C(F)(F)C(F)(F)C(F)(F)C(F)(F)F.FC(F)(F)C(F)(F)C(F)(F)C(F)(F)C(F)(F)C(F)(F)C(F)(F)F.FC(F)(F)C(F)(F)C(F)(F)C(F)(F)C(F)(F)C(F)(F)F. The van der Waals surface area contributed by atoms with Crippen molar-refractivity contribution in [3.05, 3.63) is 0 Å².